The van der Waals surface area contributed by atoms with Crippen LogP contribution in [0, 0.1) is 13.0 Å². The molecule has 1 radical (unpaired) electrons. The Labute approximate surface area is 66.4 Å². The zero-order valence-corrected chi connectivity index (χ0v) is 6.50. The molecule has 0 aliphatic heterocycles. The maximum absolute atomic E-state index is 8.46. The molecule has 11 heavy (non-hydrogen) atoms. The second-order valence-corrected chi connectivity index (χ2v) is 2.30. The van der Waals surface area contributed by atoms with Crippen molar-refractivity contribution in [3.63, 3.8) is 0 Å². The van der Waals surface area contributed by atoms with Crippen molar-refractivity contribution in [3.05, 3.63) is 29.8 Å². The molecule has 59 valence electrons. The maximum atomic E-state index is 8.46. The molecule has 0 saturated carbocycles. The van der Waals surface area contributed by atoms with Gasteiger partial charge in [-0.1, -0.05) is 12.1 Å². The van der Waals surface area contributed by atoms with Crippen LogP contribution in [0.1, 0.15) is 5.56 Å². The third kappa shape index (κ3) is 2.60. The number of ether oxygens (including phenoxy) is 1. The molecular formula is C9H11O2. The summed E-state index contributed by atoms with van der Waals surface area (Å²) in [6, 6.07) is 8.55. The van der Waals surface area contributed by atoms with Crippen LogP contribution in [0.3, 0.4) is 0 Å². The lowest BCUT2D eigenvalue weighted by Crippen LogP contribution is -2.01. The number of aliphatic hydroxyl groups is 1. The Balaban J connectivity index is 2.56. The molecule has 0 aliphatic rings. The summed E-state index contributed by atoms with van der Waals surface area (Å²) >= 11 is 0. The zero-order chi connectivity index (χ0) is 8.10. The van der Waals surface area contributed by atoms with Gasteiger partial charge in [-0.25, -0.2) is 0 Å². The molecule has 2 nitrogen and oxygen atoms in total. The second kappa shape index (κ2) is 3.98. The van der Waals surface area contributed by atoms with Crippen LogP contribution in [0.2, 0.25) is 0 Å². The first-order chi connectivity index (χ1) is 5.33. The van der Waals surface area contributed by atoms with Crippen LogP contribution in [0.5, 0.6) is 5.75 Å². The summed E-state index contributed by atoms with van der Waals surface area (Å²) in [5.74, 6) is 0.694. The summed E-state index contributed by atoms with van der Waals surface area (Å²) in [7, 11) is 0. The highest BCUT2D eigenvalue weighted by Gasteiger charge is 1.91. The molecule has 2 heteroatoms. The summed E-state index contributed by atoms with van der Waals surface area (Å²) in [5, 5.41) is 8.46. The van der Waals surface area contributed by atoms with Crippen LogP contribution >= 0.6 is 0 Å². The Kier molecular flexibility index (Phi) is 2.93. The second-order valence-electron chi connectivity index (χ2n) is 2.30. The average molecular weight is 151 g/mol. The van der Waals surface area contributed by atoms with Crippen molar-refractivity contribution in [1.82, 2.24) is 0 Å². The Hall–Kier alpha value is -1.02. The topological polar surface area (TPSA) is 29.5 Å². The van der Waals surface area contributed by atoms with Crippen LogP contribution in [-0.2, 0) is 0 Å². The summed E-state index contributed by atoms with van der Waals surface area (Å²) in [5.41, 5.74) is 1.14. The third-order valence-electron chi connectivity index (χ3n) is 1.28. The molecule has 0 heterocycles. The fourth-order valence-corrected chi connectivity index (χ4v) is 0.791. The van der Waals surface area contributed by atoms with E-state index in [-0.39, 0.29) is 6.61 Å². The van der Waals surface area contributed by atoms with E-state index in [2.05, 4.69) is 6.07 Å². The Morgan fingerprint density at radius 3 is 3.09 bits per heavy atom. The highest BCUT2D eigenvalue weighted by atomic mass is 16.5. The molecule has 0 atom stereocenters. The van der Waals surface area contributed by atoms with E-state index in [4.69, 9.17) is 9.84 Å². The van der Waals surface area contributed by atoms with E-state index in [0.29, 0.717) is 12.4 Å². The van der Waals surface area contributed by atoms with E-state index in [9.17, 15) is 0 Å². The van der Waals surface area contributed by atoms with Crippen molar-refractivity contribution < 1.29 is 9.84 Å². The van der Waals surface area contributed by atoms with E-state index in [0.717, 1.165) is 5.56 Å². The monoisotopic (exact) mass is 151 g/mol. The van der Waals surface area contributed by atoms with Crippen molar-refractivity contribution in [3.8, 4) is 5.75 Å². The summed E-state index contributed by atoms with van der Waals surface area (Å²) in [6.07, 6.45) is 0. The fourth-order valence-electron chi connectivity index (χ4n) is 0.791. The van der Waals surface area contributed by atoms with Gasteiger partial charge in [-0.05, 0) is 18.6 Å². The molecule has 1 rings (SSSR count). The van der Waals surface area contributed by atoms with Crippen molar-refractivity contribution >= 4 is 0 Å². The minimum atomic E-state index is 0.0434. The summed E-state index contributed by atoms with van der Waals surface area (Å²) in [4.78, 5) is 0. The van der Waals surface area contributed by atoms with Crippen molar-refractivity contribution in [1.29, 1.82) is 0 Å². The number of aliphatic hydroxyl groups excluding tert-OH is 1. The standard InChI is InChI=1S/C9H11O2/c1-8-3-2-4-9(7-8)11-6-5-10/h2-3,7,10H,5-6H2,1H3. The quantitative estimate of drug-likeness (QED) is 0.702. The first kappa shape index (κ1) is 8.08. The lowest BCUT2D eigenvalue weighted by atomic mass is 10.2. The molecule has 1 aromatic carbocycles. The largest absolute Gasteiger partial charge is 0.491 e. The van der Waals surface area contributed by atoms with Gasteiger partial charge < -0.3 is 9.84 Å². The predicted octanol–water partition coefficient (Wildman–Crippen LogP) is 1.17. The predicted molar refractivity (Wildman–Crippen MR) is 42.6 cm³/mol. The molecule has 0 saturated heterocycles. The van der Waals surface area contributed by atoms with E-state index >= 15 is 0 Å². The summed E-state index contributed by atoms with van der Waals surface area (Å²) in [6.45, 7) is 2.36. The fraction of sp³-hybridized carbons (Fsp3) is 0.333. The maximum Gasteiger partial charge on any atom is 0.127 e. The average Bonchev–Trinajstić information content (AvgIpc) is 2.01. The third-order valence-corrected chi connectivity index (χ3v) is 1.28. The van der Waals surface area contributed by atoms with E-state index in [1.54, 1.807) is 0 Å². The van der Waals surface area contributed by atoms with Gasteiger partial charge in [0.05, 0.1) is 6.61 Å². The summed E-state index contributed by atoms with van der Waals surface area (Å²) < 4.78 is 5.13. The van der Waals surface area contributed by atoms with Crippen LogP contribution in [0.15, 0.2) is 18.2 Å². The van der Waals surface area contributed by atoms with Gasteiger partial charge in [-0.15, -0.1) is 0 Å². The number of hydrogen-bond donors (Lipinski definition) is 1. The van der Waals surface area contributed by atoms with Crippen LogP contribution < -0.4 is 4.74 Å². The molecule has 0 aromatic heterocycles. The van der Waals surface area contributed by atoms with Crippen LogP contribution in [-0.4, -0.2) is 18.3 Å². The van der Waals surface area contributed by atoms with Gasteiger partial charge in [-0.3, -0.25) is 0 Å². The molecule has 0 fully saturated rings. The molecular weight excluding hydrogens is 140 g/mol. The molecule has 1 N–H and O–H groups in total. The van der Waals surface area contributed by atoms with Crippen LogP contribution in [0.4, 0.5) is 0 Å². The molecule has 0 bridgehead atoms. The van der Waals surface area contributed by atoms with Gasteiger partial charge in [0, 0.05) is 6.07 Å². The van der Waals surface area contributed by atoms with E-state index < -0.39 is 0 Å². The molecule has 1 aromatic rings. The highest BCUT2D eigenvalue weighted by molar-refractivity contribution is 5.25. The highest BCUT2D eigenvalue weighted by Crippen LogP contribution is 2.10. The van der Waals surface area contributed by atoms with Gasteiger partial charge in [0.1, 0.15) is 12.4 Å². The SMILES string of the molecule is Cc1cc[c]c(OCCO)c1. The van der Waals surface area contributed by atoms with Gasteiger partial charge >= 0.3 is 0 Å². The Morgan fingerprint density at radius 2 is 2.45 bits per heavy atom. The minimum Gasteiger partial charge on any atom is -0.491 e. The van der Waals surface area contributed by atoms with Crippen molar-refractivity contribution in [2.75, 3.05) is 13.2 Å². The number of rotatable bonds is 3. The molecule has 0 spiro atoms. The number of hydrogen-bond acceptors (Lipinski definition) is 2. The zero-order valence-electron chi connectivity index (χ0n) is 6.50. The molecule has 0 aliphatic carbocycles. The minimum absolute atomic E-state index is 0.0434. The molecule has 0 amide bonds. The lowest BCUT2D eigenvalue weighted by Gasteiger charge is -2.02. The first-order valence-electron chi connectivity index (χ1n) is 3.55. The van der Waals surface area contributed by atoms with Gasteiger partial charge in [0.2, 0.25) is 0 Å². The Bertz CT molecular complexity index is 221. The lowest BCUT2D eigenvalue weighted by molar-refractivity contribution is 0.201. The number of benzene rings is 1. The molecule has 0 unspecified atom stereocenters. The van der Waals surface area contributed by atoms with Gasteiger partial charge in [-0.2, -0.15) is 0 Å². The van der Waals surface area contributed by atoms with Gasteiger partial charge in [0.15, 0.2) is 0 Å². The van der Waals surface area contributed by atoms with Crippen molar-refractivity contribution in [2.24, 2.45) is 0 Å². The van der Waals surface area contributed by atoms with E-state index in [1.165, 1.54) is 0 Å². The van der Waals surface area contributed by atoms with Crippen molar-refractivity contribution in [2.45, 2.75) is 6.92 Å². The first-order valence-corrected chi connectivity index (χ1v) is 3.55. The van der Waals surface area contributed by atoms with Gasteiger partial charge in [0.25, 0.3) is 0 Å². The number of aryl methyl sites for hydroxylation is 1. The normalized spacial score (nSPS) is 9.64. The Morgan fingerprint density at radius 1 is 1.64 bits per heavy atom. The van der Waals surface area contributed by atoms with E-state index in [1.807, 2.05) is 25.1 Å². The smallest absolute Gasteiger partial charge is 0.127 e. The van der Waals surface area contributed by atoms with Crippen LogP contribution in [0.25, 0.3) is 0 Å².